The fraction of sp³-hybridized carbons (Fsp3) is 0.500. The minimum Gasteiger partial charge on any atom is -0.480 e. The van der Waals surface area contributed by atoms with Crippen LogP contribution in [-0.4, -0.2) is 33.2 Å². The summed E-state index contributed by atoms with van der Waals surface area (Å²) in [6.07, 6.45) is 2.08. The maximum atomic E-state index is 11.4. The van der Waals surface area contributed by atoms with Crippen LogP contribution in [0.4, 0.5) is 0 Å². The number of nitrogens with zero attached hydrogens (tertiary/aromatic N) is 1. The molecule has 7 nitrogen and oxygen atoms in total. The van der Waals surface area contributed by atoms with Gasteiger partial charge in [-0.2, -0.15) is 0 Å². The molecule has 1 aromatic rings. The van der Waals surface area contributed by atoms with E-state index in [0.29, 0.717) is 6.54 Å². The fourth-order valence-electron chi connectivity index (χ4n) is 1.33. The van der Waals surface area contributed by atoms with Crippen molar-refractivity contribution in [2.75, 3.05) is 6.54 Å². The largest absolute Gasteiger partial charge is 0.480 e. The Morgan fingerprint density at radius 1 is 1.59 bits per heavy atom. The first kappa shape index (κ1) is 13.2. The molecule has 0 saturated carbocycles. The number of H-pyrrole nitrogens is 1. The normalized spacial score (nSPS) is 12.3. The molecule has 3 N–H and O–H groups in total. The summed E-state index contributed by atoms with van der Waals surface area (Å²) < 4.78 is 1.16. The summed E-state index contributed by atoms with van der Waals surface area (Å²) in [5.74, 6) is -1.03. The van der Waals surface area contributed by atoms with E-state index in [0.717, 1.165) is 11.0 Å². The molecule has 0 bridgehead atoms. The van der Waals surface area contributed by atoms with E-state index < -0.39 is 23.3 Å². The SMILES string of the molecule is CCCN[C@@H](Cn1ccc(=O)[nH]c1=O)C(=O)O. The van der Waals surface area contributed by atoms with Crippen molar-refractivity contribution in [3.05, 3.63) is 33.1 Å². The number of aromatic amines is 1. The van der Waals surface area contributed by atoms with E-state index in [-0.39, 0.29) is 6.54 Å². The molecule has 7 heteroatoms. The van der Waals surface area contributed by atoms with E-state index in [9.17, 15) is 14.4 Å². The van der Waals surface area contributed by atoms with Crippen molar-refractivity contribution in [1.29, 1.82) is 0 Å². The number of aliphatic carboxylic acids is 1. The Balaban J connectivity index is 2.82. The summed E-state index contributed by atoms with van der Waals surface area (Å²) >= 11 is 0. The third-order valence-corrected chi connectivity index (χ3v) is 2.21. The topological polar surface area (TPSA) is 104 Å². The van der Waals surface area contributed by atoms with Crippen molar-refractivity contribution in [2.45, 2.75) is 25.9 Å². The molecule has 1 atom stereocenters. The number of nitrogens with one attached hydrogen (secondary N) is 2. The zero-order valence-electron chi connectivity index (χ0n) is 9.47. The lowest BCUT2D eigenvalue weighted by Crippen LogP contribution is -2.43. The molecular weight excluding hydrogens is 226 g/mol. The van der Waals surface area contributed by atoms with Crippen LogP contribution < -0.4 is 16.6 Å². The minimum atomic E-state index is -1.03. The Bertz CT molecular complexity index is 491. The number of carboxylic acids is 1. The van der Waals surface area contributed by atoms with Crippen LogP contribution in [0.1, 0.15) is 13.3 Å². The number of hydrogen-bond donors (Lipinski definition) is 3. The molecule has 0 fully saturated rings. The van der Waals surface area contributed by atoms with Crippen molar-refractivity contribution in [1.82, 2.24) is 14.9 Å². The van der Waals surface area contributed by atoms with Crippen molar-refractivity contribution < 1.29 is 9.90 Å². The van der Waals surface area contributed by atoms with Crippen LogP contribution in [-0.2, 0) is 11.3 Å². The van der Waals surface area contributed by atoms with Gasteiger partial charge in [0.1, 0.15) is 6.04 Å². The number of carboxylic acid groups (broad SMARTS) is 1. The van der Waals surface area contributed by atoms with Crippen LogP contribution >= 0.6 is 0 Å². The lowest BCUT2D eigenvalue weighted by molar-refractivity contribution is -0.139. The fourth-order valence-corrected chi connectivity index (χ4v) is 1.33. The third kappa shape index (κ3) is 3.87. The monoisotopic (exact) mass is 241 g/mol. The van der Waals surface area contributed by atoms with E-state index in [1.54, 1.807) is 0 Å². The minimum absolute atomic E-state index is 0.0229. The number of aromatic nitrogens is 2. The summed E-state index contributed by atoms with van der Waals surface area (Å²) in [6, 6.07) is 0.332. The first-order chi connectivity index (χ1) is 8.04. The zero-order valence-corrected chi connectivity index (χ0v) is 9.47. The van der Waals surface area contributed by atoms with Crippen LogP contribution in [0.25, 0.3) is 0 Å². The molecule has 1 aromatic heterocycles. The summed E-state index contributed by atoms with van der Waals surface area (Å²) in [7, 11) is 0. The van der Waals surface area contributed by atoms with E-state index in [4.69, 9.17) is 5.11 Å². The Hall–Kier alpha value is -1.89. The van der Waals surface area contributed by atoms with E-state index in [2.05, 4.69) is 10.3 Å². The Kier molecular flexibility index (Phi) is 4.65. The predicted molar refractivity (Wildman–Crippen MR) is 61.0 cm³/mol. The summed E-state index contributed by atoms with van der Waals surface area (Å²) in [5, 5.41) is 11.8. The van der Waals surface area contributed by atoms with E-state index >= 15 is 0 Å². The van der Waals surface area contributed by atoms with Crippen LogP contribution in [0.2, 0.25) is 0 Å². The first-order valence-corrected chi connectivity index (χ1v) is 5.30. The van der Waals surface area contributed by atoms with Gasteiger partial charge in [-0.1, -0.05) is 6.92 Å². The highest BCUT2D eigenvalue weighted by atomic mass is 16.4. The average Bonchev–Trinajstić information content (AvgIpc) is 2.26. The van der Waals surface area contributed by atoms with Crippen LogP contribution in [0, 0.1) is 0 Å². The van der Waals surface area contributed by atoms with Gasteiger partial charge in [0.2, 0.25) is 0 Å². The van der Waals surface area contributed by atoms with Gasteiger partial charge in [0.15, 0.2) is 0 Å². The molecule has 17 heavy (non-hydrogen) atoms. The molecule has 1 rings (SSSR count). The first-order valence-electron chi connectivity index (χ1n) is 5.30. The van der Waals surface area contributed by atoms with Crippen LogP contribution in [0.5, 0.6) is 0 Å². The second-order valence-corrected chi connectivity index (χ2v) is 3.61. The zero-order chi connectivity index (χ0) is 12.8. The Morgan fingerprint density at radius 3 is 2.82 bits per heavy atom. The second kappa shape index (κ2) is 6.00. The standard InChI is InChI=1S/C10H15N3O4/c1-2-4-11-7(9(15)16)6-13-5-3-8(14)12-10(13)17/h3,5,7,11H,2,4,6H2,1H3,(H,15,16)(H,12,14,17)/t7-/m0/s1. The van der Waals surface area contributed by atoms with Gasteiger partial charge in [-0.25, -0.2) is 4.79 Å². The lowest BCUT2D eigenvalue weighted by atomic mass is 10.3. The van der Waals surface area contributed by atoms with Crippen molar-refractivity contribution in [3.63, 3.8) is 0 Å². The van der Waals surface area contributed by atoms with Crippen molar-refractivity contribution in [2.24, 2.45) is 0 Å². The quantitative estimate of drug-likeness (QED) is 0.592. The number of hydrogen-bond acceptors (Lipinski definition) is 4. The molecule has 0 saturated heterocycles. The summed E-state index contributed by atoms with van der Waals surface area (Å²) in [5.41, 5.74) is -1.11. The van der Waals surface area contributed by atoms with Gasteiger partial charge in [-0.15, -0.1) is 0 Å². The van der Waals surface area contributed by atoms with E-state index in [1.165, 1.54) is 12.3 Å². The van der Waals surface area contributed by atoms with Crippen molar-refractivity contribution >= 4 is 5.97 Å². The number of rotatable bonds is 6. The van der Waals surface area contributed by atoms with Crippen molar-refractivity contribution in [3.8, 4) is 0 Å². The third-order valence-electron chi connectivity index (χ3n) is 2.21. The highest BCUT2D eigenvalue weighted by Crippen LogP contribution is 1.90. The molecular formula is C10H15N3O4. The molecule has 0 aliphatic rings. The summed E-state index contributed by atoms with van der Waals surface area (Å²) in [6.45, 7) is 2.44. The van der Waals surface area contributed by atoms with Gasteiger partial charge in [0.25, 0.3) is 5.56 Å². The average molecular weight is 241 g/mol. The molecule has 94 valence electrons. The Labute approximate surface area is 97.1 Å². The van der Waals surface area contributed by atoms with Gasteiger partial charge in [-0.05, 0) is 13.0 Å². The highest BCUT2D eigenvalue weighted by Gasteiger charge is 2.17. The maximum absolute atomic E-state index is 11.4. The summed E-state index contributed by atoms with van der Waals surface area (Å²) in [4.78, 5) is 35.2. The highest BCUT2D eigenvalue weighted by molar-refractivity contribution is 5.73. The Morgan fingerprint density at radius 2 is 2.29 bits per heavy atom. The molecule has 0 aliphatic heterocycles. The predicted octanol–water partition coefficient (Wildman–Crippen LogP) is -1.01. The lowest BCUT2D eigenvalue weighted by Gasteiger charge is -2.14. The van der Waals surface area contributed by atoms with Gasteiger partial charge in [0.05, 0.1) is 6.54 Å². The molecule has 0 aliphatic carbocycles. The molecule has 0 radical (unpaired) electrons. The smallest absolute Gasteiger partial charge is 0.328 e. The maximum Gasteiger partial charge on any atom is 0.328 e. The molecule has 0 unspecified atom stereocenters. The van der Waals surface area contributed by atoms with E-state index in [1.807, 2.05) is 6.92 Å². The second-order valence-electron chi connectivity index (χ2n) is 3.61. The molecule has 0 amide bonds. The van der Waals surface area contributed by atoms with Gasteiger partial charge in [-0.3, -0.25) is 19.1 Å². The van der Waals surface area contributed by atoms with Gasteiger partial charge < -0.3 is 10.4 Å². The molecule has 0 aromatic carbocycles. The molecule has 0 spiro atoms. The van der Waals surface area contributed by atoms with Gasteiger partial charge >= 0.3 is 11.7 Å². The number of carbonyl (C=O) groups is 1. The van der Waals surface area contributed by atoms with Crippen LogP contribution in [0.3, 0.4) is 0 Å². The molecule has 1 heterocycles. The van der Waals surface area contributed by atoms with Gasteiger partial charge in [0, 0.05) is 12.3 Å². The van der Waals surface area contributed by atoms with Crippen LogP contribution in [0.15, 0.2) is 21.9 Å².